The second-order valence-electron chi connectivity index (χ2n) is 6.47. The summed E-state index contributed by atoms with van der Waals surface area (Å²) in [5, 5.41) is 6.15. The SMILES string of the molecule is CCOC(=O)C1CCC(NC(=NC)NCc2c(F)cccc2OC(F)F)CC1. The molecule has 156 valence electrons. The number of nitrogens with one attached hydrogen (secondary N) is 2. The zero-order valence-electron chi connectivity index (χ0n) is 16.0. The van der Waals surface area contributed by atoms with E-state index >= 15 is 0 Å². The number of aliphatic imine (C=N–C) groups is 1. The minimum atomic E-state index is -3.03. The van der Waals surface area contributed by atoms with E-state index in [9.17, 15) is 18.0 Å². The maximum Gasteiger partial charge on any atom is 0.387 e. The monoisotopic (exact) mass is 401 g/mol. The molecule has 0 amide bonds. The van der Waals surface area contributed by atoms with E-state index in [1.807, 2.05) is 0 Å². The lowest BCUT2D eigenvalue weighted by atomic mass is 9.86. The second kappa shape index (κ2) is 10.8. The quantitative estimate of drug-likeness (QED) is 0.417. The van der Waals surface area contributed by atoms with Crippen LogP contribution in [0.5, 0.6) is 5.75 Å². The van der Waals surface area contributed by atoms with Crippen LogP contribution >= 0.6 is 0 Å². The predicted octanol–water partition coefficient (Wildman–Crippen LogP) is 3.21. The van der Waals surface area contributed by atoms with Crippen molar-refractivity contribution in [2.45, 2.75) is 51.8 Å². The molecule has 2 rings (SSSR count). The van der Waals surface area contributed by atoms with Crippen LogP contribution in [0.1, 0.15) is 38.2 Å². The average Bonchev–Trinajstić information content (AvgIpc) is 2.66. The molecule has 0 bridgehead atoms. The molecule has 0 radical (unpaired) electrons. The molecule has 0 unspecified atom stereocenters. The minimum Gasteiger partial charge on any atom is -0.466 e. The molecule has 0 spiro atoms. The van der Waals surface area contributed by atoms with Gasteiger partial charge in [-0.2, -0.15) is 8.78 Å². The molecule has 1 fully saturated rings. The van der Waals surface area contributed by atoms with Crippen LogP contribution in [0.4, 0.5) is 13.2 Å². The number of halogens is 3. The zero-order valence-corrected chi connectivity index (χ0v) is 16.0. The summed E-state index contributed by atoms with van der Waals surface area (Å²) in [4.78, 5) is 15.9. The second-order valence-corrected chi connectivity index (χ2v) is 6.47. The number of rotatable bonds is 7. The molecule has 1 aromatic rings. The Bertz CT molecular complexity index is 678. The van der Waals surface area contributed by atoms with E-state index < -0.39 is 12.4 Å². The molecule has 9 heteroatoms. The molecular formula is C19H26F3N3O3. The molecule has 6 nitrogen and oxygen atoms in total. The number of alkyl halides is 2. The van der Waals surface area contributed by atoms with Gasteiger partial charge in [-0.1, -0.05) is 6.07 Å². The van der Waals surface area contributed by atoms with Crippen molar-refractivity contribution in [3.63, 3.8) is 0 Å². The summed E-state index contributed by atoms with van der Waals surface area (Å²) in [5.41, 5.74) is -0.00299. The van der Waals surface area contributed by atoms with Crippen LogP contribution in [0.2, 0.25) is 0 Å². The molecule has 2 N–H and O–H groups in total. The Morgan fingerprint density at radius 2 is 2.00 bits per heavy atom. The van der Waals surface area contributed by atoms with E-state index in [0.29, 0.717) is 25.4 Å². The molecule has 0 aromatic heterocycles. The summed E-state index contributed by atoms with van der Waals surface area (Å²) in [6, 6.07) is 3.89. The molecule has 0 aliphatic heterocycles. The zero-order chi connectivity index (χ0) is 20.5. The highest BCUT2D eigenvalue weighted by atomic mass is 19.3. The molecule has 0 atom stereocenters. The van der Waals surface area contributed by atoms with Crippen LogP contribution in [0, 0.1) is 11.7 Å². The Morgan fingerprint density at radius 3 is 2.61 bits per heavy atom. The normalized spacial score (nSPS) is 20.0. The summed E-state index contributed by atoms with van der Waals surface area (Å²) in [6.07, 6.45) is 2.97. The molecule has 28 heavy (non-hydrogen) atoms. The Labute approximate surface area is 162 Å². The van der Waals surface area contributed by atoms with Crippen molar-refractivity contribution in [1.29, 1.82) is 0 Å². The predicted molar refractivity (Wildman–Crippen MR) is 98.7 cm³/mol. The van der Waals surface area contributed by atoms with Crippen LogP contribution in [0.3, 0.4) is 0 Å². The lowest BCUT2D eigenvalue weighted by molar-refractivity contribution is -0.149. The van der Waals surface area contributed by atoms with E-state index in [4.69, 9.17) is 4.74 Å². The van der Waals surface area contributed by atoms with Crippen molar-refractivity contribution in [2.75, 3.05) is 13.7 Å². The van der Waals surface area contributed by atoms with Gasteiger partial charge in [0.2, 0.25) is 0 Å². The Morgan fingerprint density at radius 1 is 1.29 bits per heavy atom. The number of esters is 1. The summed E-state index contributed by atoms with van der Waals surface area (Å²) >= 11 is 0. The molecule has 0 saturated heterocycles. The van der Waals surface area contributed by atoms with Gasteiger partial charge in [-0.3, -0.25) is 9.79 Å². The van der Waals surface area contributed by atoms with Gasteiger partial charge in [0.15, 0.2) is 5.96 Å². The average molecular weight is 401 g/mol. The standard InChI is InChI=1S/C19H26F3N3O3/c1-3-27-17(26)12-7-9-13(10-8-12)25-19(23-2)24-11-14-15(20)5-4-6-16(14)28-18(21)22/h4-6,12-13,18H,3,7-11H2,1-2H3,(H2,23,24,25). The van der Waals surface area contributed by atoms with Crippen molar-refractivity contribution in [1.82, 2.24) is 10.6 Å². The Hall–Kier alpha value is -2.45. The highest BCUT2D eigenvalue weighted by molar-refractivity contribution is 5.80. The first-order chi connectivity index (χ1) is 13.4. The van der Waals surface area contributed by atoms with E-state index in [0.717, 1.165) is 12.8 Å². The fourth-order valence-corrected chi connectivity index (χ4v) is 3.21. The summed E-state index contributed by atoms with van der Waals surface area (Å²) in [7, 11) is 1.57. The van der Waals surface area contributed by atoms with Crippen molar-refractivity contribution in [3.05, 3.63) is 29.6 Å². The molecular weight excluding hydrogens is 375 g/mol. The third-order valence-corrected chi connectivity index (χ3v) is 4.64. The smallest absolute Gasteiger partial charge is 0.387 e. The van der Waals surface area contributed by atoms with E-state index in [-0.39, 0.29) is 35.8 Å². The van der Waals surface area contributed by atoms with Gasteiger partial charge >= 0.3 is 12.6 Å². The third-order valence-electron chi connectivity index (χ3n) is 4.64. The number of nitrogens with zero attached hydrogens (tertiary/aromatic N) is 1. The van der Waals surface area contributed by atoms with Crippen LogP contribution in [-0.2, 0) is 16.1 Å². The number of carbonyl (C=O) groups excluding carboxylic acids is 1. The first-order valence-corrected chi connectivity index (χ1v) is 9.30. The van der Waals surface area contributed by atoms with Crippen LogP contribution < -0.4 is 15.4 Å². The van der Waals surface area contributed by atoms with Crippen LogP contribution in [0.25, 0.3) is 0 Å². The van der Waals surface area contributed by atoms with Gasteiger partial charge in [0.05, 0.1) is 12.5 Å². The highest BCUT2D eigenvalue weighted by Crippen LogP contribution is 2.26. The van der Waals surface area contributed by atoms with Gasteiger partial charge in [-0.05, 0) is 44.7 Å². The van der Waals surface area contributed by atoms with Crippen molar-refractivity contribution in [3.8, 4) is 5.75 Å². The number of carbonyl (C=O) groups is 1. The van der Waals surface area contributed by atoms with Crippen molar-refractivity contribution >= 4 is 11.9 Å². The highest BCUT2D eigenvalue weighted by Gasteiger charge is 2.27. The lowest BCUT2D eigenvalue weighted by Crippen LogP contribution is -2.45. The first kappa shape index (κ1) is 21.8. The van der Waals surface area contributed by atoms with E-state index in [1.54, 1.807) is 14.0 Å². The molecule has 1 aliphatic carbocycles. The molecule has 0 heterocycles. The Kier molecular flexibility index (Phi) is 8.41. The fourth-order valence-electron chi connectivity index (χ4n) is 3.21. The van der Waals surface area contributed by atoms with Crippen LogP contribution in [-0.4, -0.2) is 38.2 Å². The molecule has 1 aromatic carbocycles. The van der Waals surface area contributed by atoms with Gasteiger partial charge in [-0.25, -0.2) is 4.39 Å². The van der Waals surface area contributed by atoms with Crippen LogP contribution in [0.15, 0.2) is 23.2 Å². The number of guanidine groups is 1. The lowest BCUT2D eigenvalue weighted by Gasteiger charge is -2.29. The number of benzene rings is 1. The van der Waals surface area contributed by atoms with Gasteiger partial charge in [0.1, 0.15) is 11.6 Å². The fraction of sp³-hybridized carbons (Fsp3) is 0.579. The maximum absolute atomic E-state index is 14.0. The van der Waals surface area contributed by atoms with Crippen molar-refractivity contribution in [2.24, 2.45) is 10.9 Å². The summed E-state index contributed by atoms with van der Waals surface area (Å²) in [6.45, 7) is -0.936. The number of ether oxygens (including phenoxy) is 2. The van der Waals surface area contributed by atoms with Gasteiger partial charge in [-0.15, -0.1) is 0 Å². The topological polar surface area (TPSA) is 72.0 Å². The van der Waals surface area contributed by atoms with Gasteiger partial charge < -0.3 is 20.1 Å². The van der Waals surface area contributed by atoms with E-state index in [2.05, 4.69) is 20.4 Å². The third kappa shape index (κ3) is 6.31. The van der Waals surface area contributed by atoms with Gasteiger partial charge in [0.25, 0.3) is 0 Å². The number of hydrogen-bond donors (Lipinski definition) is 2. The number of hydrogen-bond acceptors (Lipinski definition) is 4. The summed E-state index contributed by atoms with van der Waals surface area (Å²) < 4.78 is 48.5. The first-order valence-electron chi connectivity index (χ1n) is 9.30. The Balaban J connectivity index is 1.89. The largest absolute Gasteiger partial charge is 0.466 e. The van der Waals surface area contributed by atoms with Gasteiger partial charge in [0, 0.05) is 25.2 Å². The van der Waals surface area contributed by atoms with Crippen molar-refractivity contribution < 1.29 is 27.4 Å². The van der Waals surface area contributed by atoms with E-state index in [1.165, 1.54) is 18.2 Å². The summed E-state index contributed by atoms with van der Waals surface area (Å²) in [5.74, 6) is -0.676. The maximum atomic E-state index is 14.0. The minimum absolute atomic E-state index is 0.00299. The molecule has 1 saturated carbocycles. The molecule has 1 aliphatic rings.